The van der Waals surface area contributed by atoms with Gasteiger partial charge in [-0.1, -0.05) is 24.8 Å². The first kappa shape index (κ1) is 11.3. The van der Waals surface area contributed by atoms with E-state index < -0.39 is 5.63 Å². The molecule has 1 aromatic heterocycles. The summed E-state index contributed by atoms with van der Waals surface area (Å²) >= 11 is 0. The molecule has 0 aliphatic rings. The zero-order valence-corrected chi connectivity index (χ0v) is 9.74. The van der Waals surface area contributed by atoms with Crippen LogP contribution >= 0.6 is 0 Å². The van der Waals surface area contributed by atoms with Crippen LogP contribution in [0.2, 0.25) is 0 Å². The normalized spacial score (nSPS) is 10.5. The van der Waals surface area contributed by atoms with Gasteiger partial charge < -0.3 is 4.42 Å². The van der Waals surface area contributed by atoms with E-state index in [0.717, 1.165) is 0 Å². The molecule has 86 valence electrons. The summed E-state index contributed by atoms with van der Waals surface area (Å²) in [4.78, 5) is 23.5. The van der Waals surface area contributed by atoms with Crippen molar-refractivity contribution in [1.82, 2.24) is 0 Å². The van der Waals surface area contributed by atoms with E-state index in [-0.39, 0.29) is 11.3 Å². The van der Waals surface area contributed by atoms with Gasteiger partial charge in [-0.25, -0.2) is 4.79 Å². The number of benzene rings is 1. The molecular weight excluding hydrogens is 216 g/mol. The lowest BCUT2D eigenvalue weighted by Crippen LogP contribution is -2.12. The minimum atomic E-state index is -0.513. The first-order valence-corrected chi connectivity index (χ1v) is 5.25. The number of hydrogen-bond donors (Lipinski definition) is 0. The van der Waals surface area contributed by atoms with Crippen molar-refractivity contribution in [3.05, 3.63) is 52.4 Å². The number of Topliss-reactive ketones (excluding diaryl/α,β-unsaturated/α-hetero) is 1. The number of allylic oxidation sites excluding steroid dienone is 1. The van der Waals surface area contributed by atoms with Crippen molar-refractivity contribution in [3.8, 4) is 0 Å². The Bertz CT molecular complexity index is 677. The number of carbonyl (C=O) groups is 1. The van der Waals surface area contributed by atoms with Crippen LogP contribution in [-0.4, -0.2) is 5.78 Å². The third-order valence-electron chi connectivity index (χ3n) is 2.59. The molecule has 0 amide bonds. The minimum Gasteiger partial charge on any atom is -0.422 e. The van der Waals surface area contributed by atoms with Crippen LogP contribution in [0.5, 0.6) is 0 Å². The summed E-state index contributed by atoms with van der Waals surface area (Å²) in [5.74, 6) is -0.160. The number of carbonyl (C=O) groups excluding carboxylic acids is 1. The Hall–Kier alpha value is -2.16. The highest BCUT2D eigenvalue weighted by atomic mass is 16.4. The van der Waals surface area contributed by atoms with Crippen LogP contribution in [0, 0.1) is 0 Å². The lowest BCUT2D eigenvalue weighted by atomic mass is 9.97. The molecule has 0 aliphatic heterocycles. The van der Waals surface area contributed by atoms with Crippen LogP contribution in [0.25, 0.3) is 16.5 Å². The van der Waals surface area contributed by atoms with Gasteiger partial charge in [0.15, 0.2) is 5.78 Å². The van der Waals surface area contributed by atoms with E-state index in [1.165, 1.54) is 6.92 Å². The lowest BCUT2D eigenvalue weighted by Gasteiger charge is -2.08. The summed E-state index contributed by atoms with van der Waals surface area (Å²) < 4.78 is 5.18. The second-order valence-electron chi connectivity index (χ2n) is 3.97. The maximum Gasteiger partial charge on any atom is 0.344 e. The highest BCUT2D eigenvalue weighted by Crippen LogP contribution is 2.23. The molecule has 0 saturated heterocycles. The number of para-hydroxylation sites is 1. The third kappa shape index (κ3) is 1.80. The Labute approximate surface area is 98.4 Å². The van der Waals surface area contributed by atoms with Crippen molar-refractivity contribution in [2.24, 2.45) is 0 Å². The summed E-state index contributed by atoms with van der Waals surface area (Å²) in [5, 5.41) is 0.651. The van der Waals surface area contributed by atoms with Gasteiger partial charge in [-0.3, -0.25) is 4.79 Å². The van der Waals surface area contributed by atoms with Gasteiger partial charge in [-0.2, -0.15) is 0 Å². The van der Waals surface area contributed by atoms with Gasteiger partial charge in [-0.15, -0.1) is 0 Å². The molecule has 0 N–H and O–H groups in total. The molecule has 0 saturated carbocycles. The Balaban J connectivity index is 3.04. The van der Waals surface area contributed by atoms with E-state index in [9.17, 15) is 9.59 Å². The van der Waals surface area contributed by atoms with Crippen molar-refractivity contribution in [1.29, 1.82) is 0 Å². The largest absolute Gasteiger partial charge is 0.422 e. The third-order valence-corrected chi connectivity index (χ3v) is 2.59. The predicted octanol–water partition coefficient (Wildman–Crippen LogP) is 3.03. The first-order valence-electron chi connectivity index (χ1n) is 5.25. The number of rotatable bonds is 2. The van der Waals surface area contributed by atoms with Gasteiger partial charge in [0, 0.05) is 10.9 Å². The quantitative estimate of drug-likeness (QED) is 0.586. The van der Waals surface area contributed by atoms with Gasteiger partial charge in [0.25, 0.3) is 0 Å². The standard InChI is InChI=1S/C14H12O3/c1-8(2)12-13(9(3)15)10-6-4-5-7-11(10)17-14(12)16/h4-7H,1H2,2-3H3. The number of ketones is 1. The van der Waals surface area contributed by atoms with E-state index in [1.807, 2.05) is 0 Å². The molecule has 0 aliphatic carbocycles. The van der Waals surface area contributed by atoms with Crippen molar-refractivity contribution in [2.75, 3.05) is 0 Å². The fraction of sp³-hybridized carbons (Fsp3) is 0.143. The molecule has 0 fully saturated rings. The van der Waals surface area contributed by atoms with Crippen LogP contribution in [-0.2, 0) is 0 Å². The Morgan fingerprint density at radius 2 is 1.82 bits per heavy atom. The molecule has 2 aromatic rings. The van der Waals surface area contributed by atoms with E-state index in [0.29, 0.717) is 22.1 Å². The monoisotopic (exact) mass is 228 g/mol. The highest BCUT2D eigenvalue weighted by Gasteiger charge is 2.17. The zero-order chi connectivity index (χ0) is 12.6. The summed E-state index contributed by atoms with van der Waals surface area (Å²) in [7, 11) is 0. The molecule has 2 rings (SSSR count). The second-order valence-corrected chi connectivity index (χ2v) is 3.97. The van der Waals surface area contributed by atoms with Crippen LogP contribution < -0.4 is 5.63 Å². The van der Waals surface area contributed by atoms with Gasteiger partial charge in [0.1, 0.15) is 5.58 Å². The van der Waals surface area contributed by atoms with Crippen LogP contribution in [0.15, 0.2) is 40.1 Å². The van der Waals surface area contributed by atoms with Gasteiger partial charge in [-0.05, 0) is 25.5 Å². The average molecular weight is 228 g/mol. The predicted molar refractivity (Wildman–Crippen MR) is 67.2 cm³/mol. The molecule has 0 radical (unpaired) electrons. The molecule has 17 heavy (non-hydrogen) atoms. The molecule has 0 bridgehead atoms. The molecule has 3 nitrogen and oxygen atoms in total. The minimum absolute atomic E-state index is 0.160. The fourth-order valence-corrected chi connectivity index (χ4v) is 1.90. The van der Waals surface area contributed by atoms with E-state index in [2.05, 4.69) is 6.58 Å². The molecule has 0 spiro atoms. The average Bonchev–Trinajstić information content (AvgIpc) is 2.26. The lowest BCUT2D eigenvalue weighted by molar-refractivity contribution is 0.101. The highest BCUT2D eigenvalue weighted by molar-refractivity contribution is 6.09. The molecule has 3 heteroatoms. The first-order chi connectivity index (χ1) is 8.02. The van der Waals surface area contributed by atoms with Crippen LogP contribution in [0.3, 0.4) is 0 Å². The maximum absolute atomic E-state index is 11.8. The SMILES string of the molecule is C=C(C)c1c(C(C)=O)c2ccccc2oc1=O. The van der Waals surface area contributed by atoms with Crippen molar-refractivity contribution in [3.63, 3.8) is 0 Å². The fourth-order valence-electron chi connectivity index (χ4n) is 1.90. The smallest absolute Gasteiger partial charge is 0.344 e. The molecular formula is C14H12O3. The maximum atomic E-state index is 11.8. The number of hydrogen-bond acceptors (Lipinski definition) is 3. The Morgan fingerprint density at radius 1 is 1.18 bits per heavy atom. The van der Waals surface area contributed by atoms with Crippen LogP contribution in [0.1, 0.15) is 29.8 Å². The van der Waals surface area contributed by atoms with Crippen molar-refractivity contribution < 1.29 is 9.21 Å². The summed E-state index contributed by atoms with van der Waals surface area (Å²) in [5.41, 5.74) is 1.12. The van der Waals surface area contributed by atoms with E-state index in [4.69, 9.17) is 4.42 Å². The van der Waals surface area contributed by atoms with Crippen molar-refractivity contribution >= 4 is 22.3 Å². The second kappa shape index (κ2) is 4.01. The van der Waals surface area contributed by atoms with Gasteiger partial charge in [0.2, 0.25) is 0 Å². The van der Waals surface area contributed by atoms with Crippen molar-refractivity contribution in [2.45, 2.75) is 13.8 Å². The molecule has 1 heterocycles. The van der Waals surface area contributed by atoms with Gasteiger partial charge in [0.05, 0.1) is 5.56 Å². The topological polar surface area (TPSA) is 47.3 Å². The summed E-state index contributed by atoms with van der Waals surface area (Å²) in [6.45, 7) is 6.85. The number of fused-ring (bicyclic) bond motifs is 1. The summed E-state index contributed by atoms with van der Waals surface area (Å²) in [6, 6.07) is 7.00. The molecule has 0 atom stereocenters. The van der Waals surface area contributed by atoms with E-state index in [1.54, 1.807) is 31.2 Å². The van der Waals surface area contributed by atoms with Gasteiger partial charge >= 0.3 is 5.63 Å². The zero-order valence-electron chi connectivity index (χ0n) is 9.74. The molecule has 0 unspecified atom stereocenters. The Kier molecular flexibility index (Phi) is 2.68. The van der Waals surface area contributed by atoms with E-state index >= 15 is 0 Å². The molecule has 1 aromatic carbocycles. The Morgan fingerprint density at radius 3 is 2.41 bits per heavy atom. The summed E-state index contributed by atoms with van der Waals surface area (Å²) in [6.07, 6.45) is 0. The van der Waals surface area contributed by atoms with Crippen LogP contribution in [0.4, 0.5) is 0 Å².